The van der Waals surface area contributed by atoms with Gasteiger partial charge in [0.1, 0.15) is 0 Å². The fourth-order valence-corrected chi connectivity index (χ4v) is 4.30. The Hall–Kier alpha value is -1.82. The molecule has 5 nitrogen and oxygen atoms in total. The molecule has 0 saturated heterocycles. The maximum absolute atomic E-state index is 12.1. The smallest absolute Gasteiger partial charge is 0.178 e. The van der Waals surface area contributed by atoms with Crippen LogP contribution in [0.25, 0.3) is 0 Å². The topological polar surface area (TPSA) is 74.8 Å². The minimum absolute atomic E-state index is 0.00437. The number of nitrogens with zero attached hydrogens (tertiary/aromatic N) is 1. The summed E-state index contributed by atoms with van der Waals surface area (Å²) in [6, 6.07) is 7.23. The molecule has 2 heterocycles. The Bertz CT molecular complexity index is 730. The van der Waals surface area contributed by atoms with Crippen molar-refractivity contribution in [3.05, 3.63) is 41.2 Å². The number of aromatic nitrogens is 2. The first-order valence-corrected chi connectivity index (χ1v) is 8.24. The molecule has 0 fully saturated rings. The Labute approximate surface area is 118 Å². The van der Waals surface area contributed by atoms with Crippen LogP contribution in [0.5, 0.6) is 0 Å². The van der Waals surface area contributed by atoms with E-state index in [4.69, 9.17) is 0 Å². The molecule has 0 bridgehead atoms. The molecule has 1 unspecified atom stereocenters. The van der Waals surface area contributed by atoms with Crippen molar-refractivity contribution in [1.29, 1.82) is 0 Å². The van der Waals surface area contributed by atoms with Crippen LogP contribution in [0.2, 0.25) is 0 Å². The van der Waals surface area contributed by atoms with Crippen molar-refractivity contribution in [3.63, 3.8) is 0 Å². The molecular formula is C14H17N3O2S. The van der Waals surface area contributed by atoms with Crippen LogP contribution < -0.4 is 5.32 Å². The first-order chi connectivity index (χ1) is 9.49. The number of hydrogen-bond donors (Lipinski definition) is 2. The van der Waals surface area contributed by atoms with E-state index in [0.29, 0.717) is 11.3 Å². The summed E-state index contributed by atoms with van der Waals surface area (Å²) in [6.07, 6.45) is 0.573. The molecule has 0 saturated carbocycles. The Morgan fingerprint density at radius 3 is 2.75 bits per heavy atom. The van der Waals surface area contributed by atoms with E-state index in [1.54, 1.807) is 12.1 Å². The zero-order valence-corrected chi connectivity index (χ0v) is 12.3. The highest BCUT2D eigenvalue weighted by molar-refractivity contribution is 7.91. The van der Waals surface area contributed by atoms with E-state index >= 15 is 0 Å². The molecule has 20 heavy (non-hydrogen) atoms. The summed E-state index contributed by atoms with van der Waals surface area (Å²) in [7, 11) is -3.14. The highest BCUT2D eigenvalue weighted by Crippen LogP contribution is 2.35. The highest BCUT2D eigenvalue weighted by Gasteiger charge is 2.30. The third-order valence-electron chi connectivity index (χ3n) is 3.75. The van der Waals surface area contributed by atoms with E-state index < -0.39 is 9.84 Å². The number of fused-ring (bicyclic) bond motifs is 1. The van der Waals surface area contributed by atoms with Gasteiger partial charge in [-0.1, -0.05) is 18.2 Å². The van der Waals surface area contributed by atoms with Crippen molar-refractivity contribution in [2.24, 2.45) is 0 Å². The first kappa shape index (κ1) is 13.2. The number of anilines is 1. The lowest BCUT2D eigenvalue weighted by molar-refractivity contribution is 0.576. The number of rotatable bonds is 2. The van der Waals surface area contributed by atoms with E-state index in [-0.39, 0.29) is 11.8 Å². The molecule has 1 aliphatic rings. The molecule has 1 aliphatic heterocycles. The largest absolute Gasteiger partial charge is 0.375 e. The second kappa shape index (κ2) is 4.63. The van der Waals surface area contributed by atoms with Crippen molar-refractivity contribution in [1.82, 2.24) is 10.2 Å². The lowest BCUT2D eigenvalue weighted by Crippen LogP contribution is -2.24. The monoisotopic (exact) mass is 291 g/mol. The van der Waals surface area contributed by atoms with Crippen molar-refractivity contribution in [2.45, 2.75) is 31.2 Å². The molecular weight excluding hydrogens is 274 g/mol. The maximum atomic E-state index is 12.1. The van der Waals surface area contributed by atoms with Gasteiger partial charge >= 0.3 is 0 Å². The maximum Gasteiger partial charge on any atom is 0.178 e. The molecule has 6 heteroatoms. The van der Waals surface area contributed by atoms with Gasteiger partial charge in [-0.05, 0) is 31.9 Å². The Morgan fingerprint density at radius 1 is 1.30 bits per heavy atom. The fourth-order valence-electron chi connectivity index (χ4n) is 2.68. The summed E-state index contributed by atoms with van der Waals surface area (Å²) in [6.45, 7) is 3.88. The van der Waals surface area contributed by atoms with E-state index in [1.165, 1.54) is 0 Å². The number of benzene rings is 1. The van der Waals surface area contributed by atoms with E-state index in [0.717, 1.165) is 22.6 Å². The lowest BCUT2D eigenvalue weighted by atomic mass is 10.0. The molecule has 0 spiro atoms. The summed E-state index contributed by atoms with van der Waals surface area (Å²) < 4.78 is 24.2. The van der Waals surface area contributed by atoms with Crippen LogP contribution in [0.4, 0.5) is 5.69 Å². The van der Waals surface area contributed by atoms with Crippen LogP contribution in [-0.4, -0.2) is 24.4 Å². The predicted octanol–water partition coefficient (Wildman–Crippen LogP) is 2.36. The molecule has 1 aromatic heterocycles. The highest BCUT2D eigenvalue weighted by atomic mass is 32.2. The Morgan fingerprint density at radius 2 is 2.05 bits per heavy atom. The summed E-state index contributed by atoms with van der Waals surface area (Å²) in [5.41, 5.74) is 3.67. The van der Waals surface area contributed by atoms with Crippen LogP contribution in [-0.2, 0) is 9.84 Å². The quantitative estimate of drug-likeness (QED) is 0.890. The van der Waals surface area contributed by atoms with E-state index in [1.807, 2.05) is 26.0 Å². The minimum Gasteiger partial charge on any atom is -0.375 e. The van der Waals surface area contributed by atoms with Crippen molar-refractivity contribution < 1.29 is 8.42 Å². The molecule has 1 aromatic carbocycles. The molecule has 0 aliphatic carbocycles. The first-order valence-electron chi connectivity index (χ1n) is 6.59. The number of aryl methyl sites for hydroxylation is 2. The fraction of sp³-hybridized carbons (Fsp3) is 0.357. The van der Waals surface area contributed by atoms with Gasteiger partial charge in [0.2, 0.25) is 0 Å². The molecule has 0 radical (unpaired) electrons. The standard InChI is InChI=1S/C14H17N3O2S/c1-9-14(10(2)17-16-9)15-12-7-8-20(18,19)13-6-4-3-5-11(12)13/h3-6,12,15H,7-8H2,1-2H3,(H,16,17). The van der Waals surface area contributed by atoms with Gasteiger partial charge in [-0.25, -0.2) is 8.42 Å². The SMILES string of the molecule is Cc1n[nH]c(C)c1NC1CCS(=O)(=O)c2ccccc21. The number of aromatic amines is 1. The predicted molar refractivity (Wildman–Crippen MR) is 77.5 cm³/mol. The van der Waals surface area contributed by atoms with Gasteiger partial charge in [-0.2, -0.15) is 5.10 Å². The summed E-state index contributed by atoms with van der Waals surface area (Å²) in [5.74, 6) is 0.178. The molecule has 0 amide bonds. The van der Waals surface area contributed by atoms with Crippen LogP contribution in [0, 0.1) is 13.8 Å². The number of H-pyrrole nitrogens is 1. The third kappa shape index (κ3) is 2.10. The Balaban J connectivity index is 2.01. The van der Waals surface area contributed by atoms with Gasteiger partial charge in [0, 0.05) is 0 Å². The average molecular weight is 291 g/mol. The van der Waals surface area contributed by atoms with Gasteiger partial charge in [-0.15, -0.1) is 0 Å². The summed E-state index contributed by atoms with van der Waals surface area (Å²) in [5, 5.41) is 10.5. The number of nitrogens with one attached hydrogen (secondary N) is 2. The minimum atomic E-state index is -3.14. The van der Waals surface area contributed by atoms with Gasteiger partial charge in [0.05, 0.1) is 33.8 Å². The Kier molecular flexibility index (Phi) is 3.05. The third-order valence-corrected chi connectivity index (χ3v) is 5.57. The van der Waals surface area contributed by atoms with Crippen molar-refractivity contribution >= 4 is 15.5 Å². The van der Waals surface area contributed by atoms with E-state index in [9.17, 15) is 8.42 Å². The van der Waals surface area contributed by atoms with Crippen molar-refractivity contribution in [2.75, 3.05) is 11.1 Å². The van der Waals surface area contributed by atoms with Gasteiger partial charge in [0.25, 0.3) is 0 Å². The number of hydrogen-bond acceptors (Lipinski definition) is 4. The summed E-state index contributed by atoms with van der Waals surface area (Å²) in [4.78, 5) is 0.447. The van der Waals surface area contributed by atoms with Gasteiger partial charge in [-0.3, -0.25) is 5.10 Å². The molecule has 3 rings (SSSR count). The van der Waals surface area contributed by atoms with Crippen LogP contribution >= 0.6 is 0 Å². The normalized spacial score (nSPS) is 20.4. The van der Waals surface area contributed by atoms with Crippen LogP contribution in [0.15, 0.2) is 29.2 Å². The van der Waals surface area contributed by atoms with Gasteiger partial charge in [0.15, 0.2) is 9.84 Å². The molecule has 2 aromatic rings. The zero-order valence-electron chi connectivity index (χ0n) is 11.5. The molecule has 106 valence electrons. The number of sulfone groups is 1. The molecule has 2 N–H and O–H groups in total. The van der Waals surface area contributed by atoms with Crippen LogP contribution in [0.1, 0.15) is 29.4 Å². The second-order valence-electron chi connectivity index (χ2n) is 5.15. The summed E-state index contributed by atoms with van der Waals surface area (Å²) >= 11 is 0. The lowest BCUT2D eigenvalue weighted by Gasteiger charge is -2.27. The van der Waals surface area contributed by atoms with Gasteiger partial charge < -0.3 is 5.32 Å². The zero-order chi connectivity index (χ0) is 14.3. The molecule has 1 atom stereocenters. The average Bonchev–Trinajstić information content (AvgIpc) is 2.74. The van der Waals surface area contributed by atoms with Crippen LogP contribution in [0.3, 0.4) is 0 Å². The van der Waals surface area contributed by atoms with E-state index in [2.05, 4.69) is 15.5 Å². The van der Waals surface area contributed by atoms with Crippen molar-refractivity contribution in [3.8, 4) is 0 Å². The second-order valence-corrected chi connectivity index (χ2v) is 7.23.